The quantitative estimate of drug-likeness (QED) is 0.138. The van der Waals surface area contributed by atoms with Crippen molar-refractivity contribution in [1.29, 1.82) is 0 Å². The number of rotatable bonds is 0. The van der Waals surface area contributed by atoms with Gasteiger partial charge in [-0.25, -0.2) is 23.3 Å². The van der Waals surface area contributed by atoms with Crippen LogP contribution in [-0.4, -0.2) is 10.9 Å². The van der Waals surface area contributed by atoms with Crippen LogP contribution in [0.15, 0.2) is 120 Å². The van der Waals surface area contributed by atoms with Gasteiger partial charge in [0, 0.05) is 0 Å². The van der Waals surface area contributed by atoms with Gasteiger partial charge in [-0.05, 0) is 12.8 Å². The Morgan fingerprint density at radius 1 is 0.540 bits per heavy atom. The van der Waals surface area contributed by atoms with Gasteiger partial charge in [0.05, 0.1) is 0 Å². The van der Waals surface area contributed by atoms with Gasteiger partial charge in [0.2, 0.25) is 0 Å². The fourth-order valence-corrected chi connectivity index (χ4v) is 5.48. The summed E-state index contributed by atoms with van der Waals surface area (Å²) in [5.74, 6) is 1.11. The molecule has 0 aromatic heterocycles. The summed E-state index contributed by atoms with van der Waals surface area (Å²) in [6.07, 6.45) is 17.0. The van der Waals surface area contributed by atoms with Gasteiger partial charge in [0.1, 0.15) is 0 Å². The van der Waals surface area contributed by atoms with Crippen LogP contribution >= 0.6 is 0 Å². The van der Waals surface area contributed by atoms with Crippen molar-refractivity contribution in [3.63, 3.8) is 0 Å². The van der Waals surface area contributed by atoms with Gasteiger partial charge >= 0.3 is 83.7 Å². The molecule has 50 heavy (non-hydrogen) atoms. The Balaban J connectivity index is 0.000000317. The van der Waals surface area contributed by atoms with E-state index < -0.39 is 0 Å². The second-order valence-corrected chi connectivity index (χ2v) is 31.5. The molecule has 4 aliphatic rings. The summed E-state index contributed by atoms with van der Waals surface area (Å²) in [5.41, 5.74) is 14.0. The number of fused-ring (bicyclic) bond motifs is 6. The molecule has 0 saturated heterocycles. The van der Waals surface area contributed by atoms with Crippen molar-refractivity contribution in [2.45, 2.75) is 66.7 Å². The maximum Gasteiger partial charge on any atom is -0.0253 e. The average Bonchev–Trinajstić information content (AvgIpc) is 3.82. The summed E-state index contributed by atoms with van der Waals surface area (Å²) in [6, 6.07) is 36.2. The largest absolute Gasteiger partial charge is 1.00 e. The van der Waals surface area contributed by atoms with E-state index in [1.165, 1.54) is 55.7 Å². The molecule has 8 rings (SSSR count). The van der Waals surface area contributed by atoms with Gasteiger partial charge < -0.3 is 24.8 Å². The van der Waals surface area contributed by atoms with Crippen LogP contribution in [0.1, 0.15) is 49.9 Å². The van der Waals surface area contributed by atoms with Crippen LogP contribution in [0, 0.1) is 36.1 Å². The third-order valence-corrected chi connectivity index (χ3v) is 7.41. The minimum Gasteiger partial charge on any atom is -1.00 e. The first-order valence-corrected chi connectivity index (χ1v) is 29.1. The molecular formula is C44H48Cl2Si2Zr2-2. The van der Waals surface area contributed by atoms with Gasteiger partial charge in [-0.15, -0.1) is 11.1 Å². The molecule has 0 radical (unpaired) electrons. The summed E-state index contributed by atoms with van der Waals surface area (Å²) >= 11 is 3.48. The van der Waals surface area contributed by atoms with E-state index in [-0.39, 0.29) is 35.7 Å². The third kappa shape index (κ3) is 16.5. The van der Waals surface area contributed by atoms with Gasteiger partial charge in [-0.1, -0.05) is 110 Å². The Bertz CT molecular complexity index is 1590. The van der Waals surface area contributed by atoms with Gasteiger partial charge in [-0.3, -0.25) is 12.2 Å². The number of benzene rings is 4. The molecule has 0 heterocycles. The Morgan fingerprint density at radius 3 is 1.14 bits per heavy atom. The van der Waals surface area contributed by atoms with Crippen molar-refractivity contribution >= 4 is 10.9 Å². The zero-order chi connectivity index (χ0) is 35.1. The van der Waals surface area contributed by atoms with E-state index in [0.717, 1.165) is 12.8 Å². The van der Waals surface area contributed by atoms with Crippen LogP contribution in [0.5, 0.6) is 0 Å². The van der Waals surface area contributed by atoms with Crippen LogP contribution in [0.2, 0.25) is 26.2 Å². The van der Waals surface area contributed by atoms with Crippen LogP contribution in [-0.2, 0) is 59.5 Å². The zero-order valence-electron chi connectivity index (χ0n) is 30.7. The van der Waals surface area contributed by atoms with Crippen molar-refractivity contribution in [1.82, 2.24) is 0 Å². The van der Waals surface area contributed by atoms with Gasteiger partial charge in [0.15, 0.2) is 0 Å². The predicted octanol–water partition coefficient (Wildman–Crippen LogP) is 5.58. The maximum absolute atomic E-state index is 3.30. The standard InChI is InChI=1S/2C13H9.2C7H9.2C2H6Si.2ClH.2Zr/c2*1-3-7-12-10(5-1)9-11-6-2-4-8-13(11)12;2*1-6-3-4-7(2)5-6;2*1-3-2;;;;/h2*1-5,7-8H,9H2;2*3-4,6H,1-2H3;2*1-2H3;2*1H;;/q4*-1;;;;;2*+2/p-2. The molecule has 256 valence electrons. The Morgan fingerprint density at radius 2 is 0.860 bits per heavy atom. The molecule has 0 nitrogen and oxygen atoms in total. The fraction of sp³-hybridized carbons (Fsp3) is 0.273. The van der Waals surface area contributed by atoms with Crippen LogP contribution in [0.4, 0.5) is 0 Å². The van der Waals surface area contributed by atoms with Gasteiger partial charge in [0.25, 0.3) is 0 Å². The monoisotopic (exact) mass is 882 g/mol. The van der Waals surface area contributed by atoms with Crippen molar-refractivity contribution in [2.75, 3.05) is 0 Å². The first-order valence-electron chi connectivity index (χ1n) is 16.7. The van der Waals surface area contributed by atoms with E-state index in [4.69, 9.17) is 0 Å². The first-order chi connectivity index (χ1) is 22.9. The molecule has 0 aliphatic heterocycles. The summed E-state index contributed by atoms with van der Waals surface area (Å²) in [7, 11) is 0. The molecule has 4 aromatic rings. The van der Waals surface area contributed by atoms with Gasteiger partial charge in [-0.2, -0.15) is 71.8 Å². The van der Waals surface area contributed by atoms with E-state index in [1.54, 1.807) is 46.7 Å². The predicted molar refractivity (Wildman–Crippen MR) is 203 cm³/mol. The van der Waals surface area contributed by atoms with E-state index >= 15 is 0 Å². The molecule has 4 aliphatic carbocycles. The topological polar surface area (TPSA) is 0 Å². The SMILES string of the molecule is CC1=[C-]C(C)C=C1.CC1=[C-]C(C)C=C1.C[Si](C)=[Zr+2].C[Si](C)=[Zr+2].[Cl-].[Cl-].[c-]1cccc2c1Cc1ccccc1-2.[c-]1cccc2c1Cc1ccccc1-2. The Kier molecular flexibility index (Phi) is 23.1. The number of hydrogen-bond donors (Lipinski definition) is 0. The minimum absolute atomic E-state index is 0. The second kappa shape index (κ2) is 24.8. The molecule has 6 heteroatoms. The summed E-state index contributed by atoms with van der Waals surface area (Å²) < 4.78 is 0. The smallest absolute Gasteiger partial charge is 0.0253 e. The molecule has 4 aromatic carbocycles. The number of hydrogen-bond acceptors (Lipinski definition) is 0. The van der Waals surface area contributed by atoms with Crippen molar-refractivity contribution in [2.24, 2.45) is 11.8 Å². The van der Waals surface area contributed by atoms with Crippen molar-refractivity contribution < 1.29 is 71.5 Å². The first kappa shape index (κ1) is 46.6. The van der Waals surface area contributed by atoms with Crippen LogP contribution in [0.3, 0.4) is 0 Å². The number of halogens is 2. The Hall–Kier alpha value is -1.38. The summed E-state index contributed by atoms with van der Waals surface area (Å²) in [4.78, 5) is 0. The molecule has 0 bridgehead atoms. The maximum atomic E-state index is 3.30. The molecule has 0 spiro atoms. The Labute approximate surface area is 346 Å². The van der Waals surface area contributed by atoms with E-state index in [2.05, 4.69) is 175 Å². The average molecular weight is 886 g/mol. The van der Waals surface area contributed by atoms with Crippen LogP contribution < -0.4 is 24.8 Å². The van der Waals surface area contributed by atoms with E-state index in [0.29, 0.717) is 11.8 Å². The van der Waals surface area contributed by atoms with E-state index in [9.17, 15) is 0 Å². The molecule has 0 N–H and O–H groups in total. The van der Waals surface area contributed by atoms with Crippen LogP contribution in [0.25, 0.3) is 22.3 Å². The third-order valence-electron chi connectivity index (χ3n) is 7.41. The molecule has 0 saturated carbocycles. The second-order valence-electron chi connectivity index (χ2n) is 12.7. The summed E-state index contributed by atoms with van der Waals surface area (Å²) in [6.45, 7) is 17.6. The molecular weight excluding hydrogens is 838 g/mol. The normalized spacial score (nSPS) is 15.4. The molecule has 2 unspecified atom stereocenters. The minimum atomic E-state index is 0. The number of allylic oxidation sites excluding steroid dienone is 8. The molecule has 0 amide bonds. The van der Waals surface area contributed by atoms with Crippen molar-refractivity contribution in [3.8, 4) is 22.3 Å². The van der Waals surface area contributed by atoms with Crippen molar-refractivity contribution in [3.05, 3.63) is 167 Å². The van der Waals surface area contributed by atoms with E-state index in [1.807, 2.05) is 12.1 Å². The zero-order valence-corrected chi connectivity index (χ0v) is 39.1. The summed E-state index contributed by atoms with van der Waals surface area (Å²) in [5, 5.41) is 0. The molecule has 2 atom stereocenters. The fourth-order valence-electron chi connectivity index (χ4n) is 5.48. The molecule has 0 fully saturated rings.